The maximum absolute atomic E-state index is 13.2. The molecule has 1 saturated heterocycles. The molecule has 6 atom stereocenters. The number of alkyl halides is 2. The van der Waals surface area contributed by atoms with Crippen molar-refractivity contribution in [1.29, 1.82) is 0 Å². The average molecular weight is 546 g/mol. The maximum Gasteiger partial charge on any atom is 0.255 e. The quantitative estimate of drug-likeness (QED) is 0.443. The van der Waals surface area contributed by atoms with Crippen LogP contribution in [0.2, 0.25) is 0 Å². The molecule has 1 N–H and O–H groups in total. The van der Waals surface area contributed by atoms with Gasteiger partial charge in [-0.25, -0.2) is 0 Å². The van der Waals surface area contributed by atoms with Gasteiger partial charge in [0.1, 0.15) is 0 Å². The first kappa shape index (κ1) is 20.9. The number of hydrogen-bond donors (Lipinski definition) is 1. The highest BCUT2D eigenvalue weighted by Gasteiger charge is 2.66. The molecule has 2 bridgehead atoms. The molecule has 3 fully saturated rings. The third-order valence-electron chi connectivity index (χ3n) is 7.23. The Kier molecular flexibility index (Phi) is 5.09. The fourth-order valence-electron chi connectivity index (χ4n) is 5.45. The summed E-state index contributed by atoms with van der Waals surface area (Å²) in [5.74, 6) is -0.575. The molecule has 31 heavy (non-hydrogen) atoms. The lowest BCUT2D eigenvalue weighted by Crippen LogP contribution is -2.37. The number of halogens is 2. The molecule has 0 unspecified atom stereocenters. The zero-order chi connectivity index (χ0) is 22.0. The number of anilines is 2. The van der Waals surface area contributed by atoms with E-state index in [4.69, 9.17) is 0 Å². The van der Waals surface area contributed by atoms with Crippen molar-refractivity contribution in [3.63, 3.8) is 0 Å². The molecule has 0 radical (unpaired) electrons. The van der Waals surface area contributed by atoms with Gasteiger partial charge in [0.15, 0.2) is 0 Å². The van der Waals surface area contributed by atoms with E-state index >= 15 is 0 Å². The number of aryl methyl sites for hydroxylation is 1. The minimum atomic E-state index is -0.247. The summed E-state index contributed by atoms with van der Waals surface area (Å²) in [5, 5.41) is 2.94. The van der Waals surface area contributed by atoms with Gasteiger partial charge >= 0.3 is 0 Å². The van der Waals surface area contributed by atoms with Crippen molar-refractivity contribution < 1.29 is 14.4 Å². The van der Waals surface area contributed by atoms with Gasteiger partial charge < -0.3 is 5.32 Å². The van der Waals surface area contributed by atoms with Crippen LogP contribution in [0.1, 0.15) is 27.9 Å². The van der Waals surface area contributed by atoms with Gasteiger partial charge in [0.05, 0.1) is 17.5 Å². The fourth-order valence-corrected chi connectivity index (χ4v) is 7.32. The van der Waals surface area contributed by atoms with E-state index < -0.39 is 0 Å². The summed E-state index contributed by atoms with van der Waals surface area (Å²) in [6, 6.07) is 12.5. The van der Waals surface area contributed by atoms with Crippen LogP contribution in [0.15, 0.2) is 42.5 Å². The molecule has 5 rings (SSSR count). The van der Waals surface area contributed by atoms with E-state index in [2.05, 4.69) is 37.2 Å². The molecular formula is C24H22Br2N2O3. The van der Waals surface area contributed by atoms with Gasteiger partial charge in [-0.05, 0) is 73.6 Å². The molecule has 5 nitrogen and oxygen atoms in total. The Morgan fingerprint density at radius 3 is 2.10 bits per heavy atom. The zero-order valence-corrected chi connectivity index (χ0v) is 20.3. The van der Waals surface area contributed by atoms with Gasteiger partial charge in [-0.1, -0.05) is 44.0 Å². The van der Waals surface area contributed by atoms with Crippen LogP contribution in [0.5, 0.6) is 0 Å². The summed E-state index contributed by atoms with van der Waals surface area (Å²) in [7, 11) is 0. The third-order valence-corrected chi connectivity index (χ3v) is 10.4. The van der Waals surface area contributed by atoms with Crippen LogP contribution in [-0.2, 0) is 9.59 Å². The van der Waals surface area contributed by atoms with Crippen molar-refractivity contribution in [2.24, 2.45) is 23.7 Å². The molecule has 2 aliphatic carbocycles. The summed E-state index contributed by atoms with van der Waals surface area (Å²) in [6.45, 7) is 3.97. The molecule has 0 aromatic heterocycles. The van der Waals surface area contributed by atoms with Crippen LogP contribution in [0, 0.1) is 37.5 Å². The van der Waals surface area contributed by atoms with E-state index in [1.54, 1.807) is 24.3 Å². The normalized spacial score (nSPS) is 31.3. The van der Waals surface area contributed by atoms with E-state index in [0.717, 1.165) is 23.2 Å². The Morgan fingerprint density at radius 2 is 1.52 bits per heavy atom. The lowest BCUT2D eigenvalue weighted by molar-refractivity contribution is -0.123. The molecule has 0 spiro atoms. The molecule has 1 heterocycles. The van der Waals surface area contributed by atoms with Crippen LogP contribution < -0.4 is 10.2 Å². The minimum Gasteiger partial charge on any atom is -0.322 e. The number of rotatable bonds is 3. The number of amides is 3. The number of imide groups is 1. The van der Waals surface area contributed by atoms with Crippen LogP contribution in [0.25, 0.3) is 0 Å². The van der Waals surface area contributed by atoms with Crippen LogP contribution in [0.3, 0.4) is 0 Å². The van der Waals surface area contributed by atoms with Crippen LogP contribution in [-0.4, -0.2) is 27.4 Å². The Bertz CT molecular complexity index is 1070. The second kappa shape index (κ2) is 7.55. The Morgan fingerprint density at radius 1 is 0.935 bits per heavy atom. The number of nitrogens with zero attached hydrogens (tertiary/aromatic N) is 1. The highest BCUT2D eigenvalue weighted by Crippen LogP contribution is 2.60. The van der Waals surface area contributed by atoms with Crippen molar-refractivity contribution in [3.8, 4) is 0 Å². The molecule has 1 aliphatic heterocycles. The SMILES string of the molecule is Cc1cccc(NC(=O)c2ccc(N3C(=O)[C@@H]4[C@H]5C[C@@H]([C@H](Br)[C@H]5Br)[C@@H]4C3=O)cc2)c1C. The second-order valence-corrected chi connectivity index (χ2v) is 10.9. The predicted octanol–water partition coefficient (Wildman–Crippen LogP) is 4.84. The molecule has 2 saturated carbocycles. The summed E-state index contributed by atoms with van der Waals surface area (Å²) < 4.78 is 0. The van der Waals surface area contributed by atoms with Crippen molar-refractivity contribution in [1.82, 2.24) is 0 Å². The maximum atomic E-state index is 13.2. The number of fused-ring (bicyclic) bond motifs is 5. The van der Waals surface area contributed by atoms with Gasteiger partial charge in [0.2, 0.25) is 11.8 Å². The minimum absolute atomic E-state index is 0.112. The first-order valence-corrected chi connectivity index (χ1v) is 12.3. The number of nitrogens with one attached hydrogen (secondary N) is 1. The Balaban J connectivity index is 1.36. The van der Waals surface area contributed by atoms with E-state index in [1.807, 2.05) is 32.0 Å². The van der Waals surface area contributed by atoms with Crippen molar-refractivity contribution in [2.45, 2.75) is 29.9 Å². The Labute approximate surface area is 197 Å². The smallest absolute Gasteiger partial charge is 0.255 e. The standard InChI is InChI=1S/C24H22Br2N2O3/c1-11-4-3-5-17(12(11)2)27-22(29)13-6-8-14(9-7-13)28-23(30)18-15-10-16(19(18)24(28)31)21(26)20(15)25/h3-9,15-16,18-21H,10H2,1-2H3,(H,27,29)/t15-,16-,18-,19+,20+,21+/m1/s1. The van der Waals surface area contributed by atoms with Crippen molar-refractivity contribution in [3.05, 3.63) is 59.2 Å². The second-order valence-electron chi connectivity index (χ2n) is 8.76. The molecular weight excluding hydrogens is 524 g/mol. The van der Waals surface area contributed by atoms with E-state index in [1.165, 1.54) is 4.90 Å². The fraction of sp³-hybridized carbons (Fsp3) is 0.375. The number of benzene rings is 2. The van der Waals surface area contributed by atoms with Crippen molar-refractivity contribution >= 4 is 61.0 Å². The molecule has 2 aromatic carbocycles. The van der Waals surface area contributed by atoms with Crippen molar-refractivity contribution in [2.75, 3.05) is 10.2 Å². The van der Waals surface area contributed by atoms with Gasteiger partial charge in [0.25, 0.3) is 5.91 Å². The highest BCUT2D eigenvalue weighted by atomic mass is 79.9. The van der Waals surface area contributed by atoms with Crippen LogP contribution >= 0.6 is 31.9 Å². The summed E-state index contributed by atoms with van der Waals surface area (Å²) in [6.07, 6.45) is 0.907. The average Bonchev–Trinajstić information content (AvgIpc) is 3.36. The highest BCUT2D eigenvalue weighted by molar-refractivity contribution is 9.12. The zero-order valence-electron chi connectivity index (χ0n) is 17.1. The summed E-state index contributed by atoms with van der Waals surface area (Å²) in [5.41, 5.74) is 3.91. The third kappa shape index (κ3) is 3.11. The lowest BCUT2D eigenvalue weighted by Gasteiger charge is -2.28. The molecule has 3 aliphatic rings. The van der Waals surface area contributed by atoms with Gasteiger partial charge in [-0.15, -0.1) is 0 Å². The molecule has 3 amide bonds. The summed E-state index contributed by atoms with van der Waals surface area (Å²) >= 11 is 7.42. The lowest BCUT2D eigenvalue weighted by atomic mass is 9.81. The Hall–Kier alpha value is -1.99. The van der Waals surface area contributed by atoms with Crippen LogP contribution in [0.4, 0.5) is 11.4 Å². The molecule has 2 aromatic rings. The van der Waals surface area contributed by atoms with Gasteiger partial charge in [0, 0.05) is 20.9 Å². The number of carbonyl (C=O) groups is 3. The van der Waals surface area contributed by atoms with E-state index in [0.29, 0.717) is 11.3 Å². The summed E-state index contributed by atoms with van der Waals surface area (Å²) in [4.78, 5) is 40.8. The first-order valence-electron chi connectivity index (χ1n) is 10.4. The van der Waals surface area contributed by atoms with E-state index in [9.17, 15) is 14.4 Å². The van der Waals surface area contributed by atoms with Gasteiger partial charge in [-0.3, -0.25) is 19.3 Å². The largest absolute Gasteiger partial charge is 0.322 e. The predicted molar refractivity (Wildman–Crippen MR) is 127 cm³/mol. The monoisotopic (exact) mass is 544 g/mol. The molecule has 160 valence electrons. The van der Waals surface area contributed by atoms with E-state index in [-0.39, 0.29) is 51.0 Å². The topological polar surface area (TPSA) is 66.5 Å². The molecule has 7 heteroatoms. The number of carbonyl (C=O) groups excluding carboxylic acids is 3. The van der Waals surface area contributed by atoms with Gasteiger partial charge in [-0.2, -0.15) is 0 Å². The first-order chi connectivity index (χ1) is 14.8. The number of hydrogen-bond acceptors (Lipinski definition) is 3.